The summed E-state index contributed by atoms with van der Waals surface area (Å²) in [4.78, 5) is 12.3. The van der Waals surface area contributed by atoms with Gasteiger partial charge in [-0.1, -0.05) is 52.8 Å². The smallest absolute Gasteiger partial charge is 0.322 e. The SMILES string of the molecule is Cc1ccc(-n2c(C)nnc2SCC(=O)Nc2nnc(-c3ccccc3)o2)cc1. The molecule has 8 nitrogen and oxygen atoms in total. The molecule has 146 valence electrons. The second-order valence-corrected chi connectivity index (χ2v) is 7.26. The molecule has 1 N–H and O–H groups in total. The van der Waals surface area contributed by atoms with E-state index in [1.54, 1.807) is 0 Å². The first-order valence-electron chi connectivity index (χ1n) is 8.91. The van der Waals surface area contributed by atoms with Crippen LogP contribution in [0.2, 0.25) is 0 Å². The highest BCUT2D eigenvalue weighted by atomic mass is 32.2. The maximum Gasteiger partial charge on any atom is 0.322 e. The van der Waals surface area contributed by atoms with Gasteiger partial charge in [0.15, 0.2) is 5.16 Å². The van der Waals surface area contributed by atoms with Crippen molar-refractivity contribution in [2.45, 2.75) is 19.0 Å². The highest BCUT2D eigenvalue weighted by Crippen LogP contribution is 2.23. The quantitative estimate of drug-likeness (QED) is 0.488. The molecule has 0 aliphatic heterocycles. The molecule has 0 fully saturated rings. The van der Waals surface area contributed by atoms with Crippen LogP contribution in [0.5, 0.6) is 0 Å². The molecule has 1 amide bonds. The Labute approximate surface area is 171 Å². The number of anilines is 1. The molecule has 4 rings (SSSR count). The van der Waals surface area contributed by atoms with Crippen LogP contribution in [0.4, 0.5) is 6.01 Å². The number of hydrogen-bond acceptors (Lipinski definition) is 7. The van der Waals surface area contributed by atoms with Crippen LogP contribution >= 0.6 is 11.8 Å². The van der Waals surface area contributed by atoms with E-state index in [0.717, 1.165) is 17.1 Å². The van der Waals surface area contributed by atoms with Crippen molar-refractivity contribution in [3.63, 3.8) is 0 Å². The minimum atomic E-state index is -0.269. The number of carbonyl (C=O) groups is 1. The van der Waals surface area contributed by atoms with Crippen molar-refractivity contribution in [2.75, 3.05) is 11.1 Å². The lowest BCUT2D eigenvalue weighted by molar-refractivity contribution is -0.113. The molecule has 0 atom stereocenters. The lowest BCUT2D eigenvalue weighted by Crippen LogP contribution is -2.14. The second kappa shape index (κ2) is 8.27. The summed E-state index contributed by atoms with van der Waals surface area (Å²) in [7, 11) is 0. The molecule has 0 spiro atoms. The number of nitrogens with zero attached hydrogens (tertiary/aromatic N) is 5. The van der Waals surface area contributed by atoms with Crippen LogP contribution in [0.1, 0.15) is 11.4 Å². The average molecular weight is 406 g/mol. The third kappa shape index (κ3) is 4.35. The van der Waals surface area contributed by atoms with Gasteiger partial charge in [-0.05, 0) is 38.1 Å². The Morgan fingerprint density at radius 3 is 2.52 bits per heavy atom. The van der Waals surface area contributed by atoms with Crippen LogP contribution in [0.15, 0.2) is 64.2 Å². The second-order valence-electron chi connectivity index (χ2n) is 6.32. The predicted molar refractivity (Wildman–Crippen MR) is 110 cm³/mol. The van der Waals surface area contributed by atoms with Gasteiger partial charge in [0.05, 0.1) is 5.75 Å². The molecule has 0 radical (unpaired) electrons. The summed E-state index contributed by atoms with van der Waals surface area (Å²) in [5.41, 5.74) is 2.91. The topological polar surface area (TPSA) is 98.7 Å². The highest BCUT2D eigenvalue weighted by Gasteiger charge is 2.15. The van der Waals surface area contributed by atoms with Gasteiger partial charge >= 0.3 is 6.01 Å². The lowest BCUT2D eigenvalue weighted by atomic mass is 10.2. The molecule has 4 aromatic rings. The maximum absolute atomic E-state index is 12.3. The zero-order valence-electron chi connectivity index (χ0n) is 15.9. The Morgan fingerprint density at radius 1 is 1.00 bits per heavy atom. The normalized spacial score (nSPS) is 10.8. The molecular formula is C20H18N6O2S. The number of aryl methyl sites for hydroxylation is 2. The number of amides is 1. The van der Waals surface area contributed by atoms with Gasteiger partial charge in [-0.15, -0.1) is 15.3 Å². The standard InChI is InChI=1S/C20H18N6O2S/c1-13-8-10-16(11-9-13)26-14(2)22-25-20(26)29-12-17(27)21-19-24-23-18(28-19)15-6-4-3-5-7-15/h3-11H,12H2,1-2H3,(H,21,24,27). The van der Waals surface area contributed by atoms with E-state index in [-0.39, 0.29) is 17.7 Å². The van der Waals surface area contributed by atoms with Gasteiger partial charge in [-0.2, -0.15) is 0 Å². The van der Waals surface area contributed by atoms with E-state index in [4.69, 9.17) is 4.42 Å². The molecule has 0 unspecified atom stereocenters. The largest absolute Gasteiger partial charge is 0.403 e. The predicted octanol–water partition coefficient (Wildman–Crippen LogP) is 3.66. The molecule has 2 aromatic carbocycles. The van der Waals surface area contributed by atoms with Gasteiger partial charge in [-0.25, -0.2) is 0 Å². The molecule has 0 saturated heterocycles. The van der Waals surface area contributed by atoms with E-state index in [1.165, 1.54) is 17.3 Å². The molecular weight excluding hydrogens is 388 g/mol. The summed E-state index contributed by atoms with van der Waals surface area (Å²) in [6, 6.07) is 17.5. The van der Waals surface area contributed by atoms with Crippen molar-refractivity contribution in [1.29, 1.82) is 0 Å². The molecule has 0 bridgehead atoms. The number of thioether (sulfide) groups is 1. The van der Waals surface area contributed by atoms with Crippen LogP contribution in [0.25, 0.3) is 17.1 Å². The van der Waals surface area contributed by atoms with Crippen LogP contribution in [-0.2, 0) is 4.79 Å². The number of benzene rings is 2. The third-order valence-electron chi connectivity index (χ3n) is 4.11. The van der Waals surface area contributed by atoms with Crippen LogP contribution in [0, 0.1) is 13.8 Å². The molecule has 0 saturated carbocycles. The van der Waals surface area contributed by atoms with E-state index in [0.29, 0.717) is 11.0 Å². The average Bonchev–Trinajstić information content (AvgIpc) is 3.34. The first-order valence-corrected chi connectivity index (χ1v) is 9.89. The Hall–Kier alpha value is -3.46. The third-order valence-corrected chi connectivity index (χ3v) is 5.04. The van der Waals surface area contributed by atoms with Gasteiger partial charge in [0.1, 0.15) is 5.82 Å². The minimum Gasteiger partial charge on any atom is -0.403 e. The molecule has 0 aliphatic carbocycles. The Balaban J connectivity index is 1.41. The first-order chi connectivity index (χ1) is 14.1. The first kappa shape index (κ1) is 18.9. The van der Waals surface area contributed by atoms with E-state index < -0.39 is 0 Å². The van der Waals surface area contributed by atoms with Gasteiger partial charge in [-0.3, -0.25) is 14.7 Å². The highest BCUT2D eigenvalue weighted by molar-refractivity contribution is 7.99. The van der Waals surface area contributed by atoms with Crippen molar-refractivity contribution >= 4 is 23.7 Å². The summed E-state index contributed by atoms with van der Waals surface area (Å²) >= 11 is 1.28. The van der Waals surface area contributed by atoms with E-state index in [2.05, 4.69) is 25.7 Å². The number of carbonyl (C=O) groups excluding carboxylic acids is 1. The molecule has 2 heterocycles. The summed E-state index contributed by atoms with van der Waals surface area (Å²) < 4.78 is 7.42. The summed E-state index contributed by atoms with van der Waals surface area (Å²) in [6.45, 7) is 3.91. The summed E-state index contributed by atoms with van der Waals surface area (Å²) in [5, 5.41) is 19.4. The van der Waals surface area contributed by atoms with Crippen LogP contribution in [0.3, 0.4) is 0 Å². The van der Waals surface area contributed by atoms with E-state index in [9.17, 15) is 4.79 Å². The molecule has 2 aromatic heterocycles. The van der Waals surface area contributed by atoms with Crippen molar-refractivity contribution in [3.8, 4) is 17.1 Å². The van der Waals surface area contributed by atoms with E-state index in [1.807, 2.05) is 73.0 Å². The van der Waals surface area contributed by atoms with Gasteiger partial charge in [0.2, 0.25) is 11.8 Å². The number of hydrogen-bond donors (Lipinski definition) is 1. The number of aromatic nitrogens is 5. The summed E-state index contributed by atoms with van der Waals surface area (Å²) in [6.07, 6.45) is 0. The minimum absolute atomic E-state index is 0.0608. The van der Waals surface area contributed by atoms with E-state index >= 15 is 0 Å². The van der Waals surface area contributed by atoms with Crippen molar-refractivity contribution in [2.24, 2.45) is 0 Å². The van der Waals surface area contributed by atoms with Crippen LogP contribution in [-0.4, -0.2) is 36.6 Å². The zero-order valence-corrected chi connectivity index (χ0v) is 16.7. The van der Waals surface area contributed by atoms with Crippen molar-refractivity contribution in [3.05, 3.63) is 66.0 Å². The van der Waals surface area contributed by atoms with Crippen molar-refractivity contribution < 1.29 is 9.21 Å². The van der Waals surface area contributed by atoms with Gasteiger partial charge in [0, 0.05) is 11.3 Å². The Kier molecular flexibility index (Phi) is 5.39. The number of nitrogens with one attached hydrogen (secondary N) is 1. The fourth-order valence-corrected chi connectivity index (χ4v) is 3.48. The zero-order chi connectivity index (χ0) is 20.2. The van der Waals surface area contributed by atoms with Gasteiger partial charge in [0.25, 0.3) is 0 Å². The lowest BCUT2D eigenvalue weighted by Gasteiger charge is -2.08. The molecule has 29 heavy (non-hydrogen) atoms. The maximum atomic E-state index is 12.3. The molecule has 0 aliphatic rings. The number of rotatable bonds is 6. The van der Waals surface area contributed by atoms with Crippen molar-refractivity contribution in [1.82, 2.24) is 25.0 Å². The van der Waals surface area contributed by atoms with Crippen LogP contribution < -0.4 is 5.32 Å². The fraction of sp³-hybridized carbons (Fsp3) is 0.150. The monoisotopic (exact) mass is 406 g/mol. The Bertz CT molecular complexity index is 1120. The van der Waals surface area contributed by atoms with Gasteiger partial charge < -0.3 is 4.42 Å². The summed E-state index contributed by atoms with van der Waals surface area (Å²) in [5.74, 6) is 0.964. The Morgan fingerprint density at radius 2 is 1.76 bits per heavy atom. The fourth-order valence-electron chi connectivity index (χ4n) is 2.68. The molecule has 9 heteroatoms.